The number of hydrogen-bond acceptors (Lipinski definition) is 6. The van der Waals surface area contributed by atoms with Gasteiger partial charge in [-0.15, -0.1) is 11.3 Å². The van der Waals surface area contributed by atoms with Gasteiger partial charge in [0, 0.05) is 29.8 Å². The third kappa shape index (κ3) is 4.13. The van der Waals surface area contributed by atoms with Crippen molar-refractivity contribution in [2.24, 2.45) is 7.05 Å². The number of carbonyl (C=O) groups excluding carboxylic acids is 1. The number of ether oxygens (including phenoxy) is 2. The molecule has 0 aliphatic carbocycles. The summed E-state index contributed by atoms with van der Waals surface area (Å²) in [6, 6.07) is 11.2. The van der Waals surface area contributed by atoms with E-state index in [4.69, 9.17) is 9.47 Å². The number of thiazole rings is 1. The maximum absolute atomic E-state index is 13.3. The summed E-state index contributed by atoms with van der Waals surface area (Å²) >= 11 is 1.29. The number of carbonyl (C=O) groups is 1. The Morgan fingerprint density at radius 1 is 1.13 bits per heavy atom. The minimum Gasteiger partial charge on any atom is -0.493 e. The maximum Gasteiger partial charge on any atom is 0.261 e. The molecule has 158 valence electrons. The minimum atomic E-state index is -0.360. The fourth-order valence-electron chi connectivity index (χ4n) is 3.18. The number of halogens is 1. The summed E-state index contributed by atoms with van der Waals surface area (Å²) in [5, 5.41) is 9.56. The molecule has 2 aromatic heterocycles. The molecule has 9 heteroatoms. The van der Waals surface area contributed by atoms with Gasteiger partial charge < -0.3 is 9.47 Å². The number of nitrogens with zero attached hydrogens (tertiary/aromatic N) is 3. The lowest BCUT2D eigenvalue weighted by Gasteiger charge is -2.11. The van der Waals surface area contributed by atoms with Crippen molar-refractivity contribution in [3.8, 4) is 34.0 Å². The highest BCUT2D eigenvalue weighted by Crippen LogP contribution is 2.34. The van der Waals surface area contributed by atoms with Crippen LogP contribution in [0.4, 0.5) is 9.52 Å². The van der Waals surface area contributed by atoms with E-state index in [0.717, 1.165) is 11.1 Å². The molecule has 2 heterocycles. The normalized spacial score (nSPS) is 10.7. The van der Waals surface area contributed by atoms with Crippen LogP contribution in [0.2, 0.25) is 0 Å². The van der Waals surface area contributed by atoms with Crippen LogP contribution in [0.1, 0.15) is 10.4 Å². The van der Waals surface area contributed by atoms with Gasteiger partial charge in [-0.05, 0) is 36.4 Å². The lowest BCUT2D eigenvalue weighted by Crippen LogP contribution is -2.13. The Morgan fingerprint density at radius 3 is 2.61 bits per heavy atom. The molecule has 0 unspecified atom stereocenters. The molecule has 7 nitrogen and oxygen atoms in total. The molecular formula is C22H19FN4O3S. The summed E-state index contributed by atoms with van der Waals surface area (Å²) in [5.74, 6) is 0.147. The maximum atomic E-state index is 13.3. The van der Waals surface area contributed by atoms with Crippen molar-refractivity contribution < 1.29 is 18.7 Å². The molecule has 0 aliphatic rings. The summed E-state index contributed by atoms with van der Waals surface area (Å²) in [5.41, 5.74) is 3.24. The van der Waals surface area contributed by atoms with Crippen LogP contribution >= 0.6 is 11.3 Å². The second-order valence-electron chi connectivity index (χ2n) is 6.61. The van der Waals surface area contributed by atoms with E-state index < -0.39 is 0 Å². The van der Waals surface area contributed by atoms with Crippen LogP contribution in [-0.2, 0) is 7.05 Å². The number of rotatable bonds is 6. The van der Waals surface area contributed by atoms with Crippen molar-refractivity contribution in [3.05, 3.63) is 65.4 Å². The van der Waals surface area contributed by atoms with Gasteiger partial charge in [0.2, 0.25) is 0 Å². The van der Waals surface area contributed by atoms with Crippen molar-refractivity contribution in [2.75, 3.05) is 19.5 Å². The fourth-order valence-corrected chi connectivity index (χ4v) is 3.89. The quantitative estimate of drug-likeness (QED) is 0.475. The molecule has 1 amide bonds. The molecule has 0 saturated carbocycles. The zero-order valence-corrected chi connectivity index (χ0v) is 17.9. The van der Waals surface area contributed by atoms with E-state index in [1.165, 1.54) is 37.7 Å². The standard InChI is InChI=1S/C22H19FN4O3S/c1-27-11-16(19(26-27)13-7-9-14(23)10-8-13)17-12-31-22(24-17)25-21(28)15-5-4-6-18(29-2)20(15)30-3/h4-12H,1-3H3,(H,24,25,28). The Morgan fingerprint density at radius 2 is 1.90 bits per heavy atom. The van der Waals surface area contributed by atoms with Gasteiger partial charge in [0.1, 0.15) is 11.5 Å². The fraction of sp³-hybridized carbons (Fsp3) is 0.136. The molecule has 0 spiro atoms. The van der Waals surface area contributed by atoms with Crippen LogP contribution in [0.5, 0.6) is 11.5 Å². The van der Waals surface area contributed by atoms with Crippen LogP contribution in [-0.4, -0.2) is 34.9 Å². The van der Waals surface area contributed by atoms with Crippen molar-refractivity contribution in [1.29, 1.82) is 0 Å². The van der Waals surface area contributed by atoms with Crippen molar-refractivity contribution in [3.63, 3.8) is 0 Å². The molecule has 0 radical (unpaired) electrons. The van der Waals surface area contributed by atoms with E-state index in [1.807, 2.05) is 11.6 Å². The van der Waals surface area contributed by atoms with Crippen LogP contribution in [0.3, 0.4) is 0 Å². The Labute approximate surface area is 182 Å². The Hall–Kier alpha value is -3.72. The predicted octanol–water partition coefficient (Wildman–Crippen LogP) is 4.62. The number of anilines is 1. The summed E-state index contributed by atoms with van der Waals surface area (Å²) < 4.78 is 25.6. The second-order valence-corrected chi connectivity index (χ2v) is 7.46. The highest BCUT2D eigenvalue weighted by molar-refractivity contribution is 7.14. The Kier molecular flexibility index (Phi) is 5.68. The van der Waals surface area contributed by atoms with E-state index in [0.29, 0.717) is 33.6 Å². The van der Waals surface area contributed by atoms with Gasteiger partial charge in [-0.2, -0.15) is 5.10 Å². The zero-order valence-electron chi connectivity index (χ0n) is 17.0. The van der Waals surface area contributed by atoms with Crippen molar-refractivity contribution in [1.82, 2.24) is 14.8 Å². The average Bonchev–Trinajstić information content (AvgIpc) is 3.39. The van der Waals surface area contributed by atoms with Gasteiger partial charge in [-0.25, -0.2) is 9.37 Å². The predicted molar refractivity (Wildman–Crippen MR) is 117 cm³/mol. The molecule has 2 aromatic carbocycles. The third-order valence-electron chi connectivity index (χ3n) is 4.59. The van der Waals surface area contributed by atoms with Gasteiger partial charge in [0.25, 0.3) is 5.91 Å². The SMILES string of the molecule is COc1cccc(C(=O)Nc2nc(-c3cn(C)nc3-c3ccc(F)cc3)cs2)c1OC. The second kappa shape index (κ2) is 8.57. The Balaban J connectivity index is 1.62. The number of methoxy groups -OCH3 is 2. The van der Waals surface area contributed by atoms with Crippen LogP contribution in [0.25, 0.3) is 22.5 Å². The number of aromatic nitrogens is 3. The van der Waals surface area contributed by atoms with Crippen LogP contribution in [0, 0.1) is 5.82 Å². The highest BCUT2D eigenvalue weighted by atomic mass is 32.1. The molecule has 0 saturated heterocycles. The summed E-state index contributed by atoms with van der Waals surface area (Å²) in [6.45, 7) is 0. The average molecular weight is 438 g/mol. The largest absolute Gasteiger partial charge is 0.493 e. The van der Waals surface area contributed by atoms with Crippen LogP contribution < -0.4 is 14.8 Å². The van der Waals surface area contributed by atoms with E-state index in [2.05, 4.69) is 15.4 Å². The molecule has 0 fully saturated rings. The number of amides is 1. The summed E-state index contributed by atoms with van der Waals surface area (Å²) in [4.78, 5) is 17.3. The smallest absolute Gasteiger partial charge is 0.261 e. The molecule has 31 heavy (non-hydrogen) atoms. The molecular weight excluding hydrogens is 419 g/mol. The van der Waals surface area contributed by atoms with E-state index in [9.17, 15) is 9.18 Å². The van der Waals surface area contributed by atoms with Crippen molar-refractivity contribution in [2.45, 2.75) is 0 Å². The topological polar surface area (TPSA) is 78.3 Å². The van der Waals surface area contributed by atoms with Crippen molar-refractivity contribution >= 4 is 22.4 Å². The number of hydrogen-bond donors (Lipinski definition) is 1. The van der Waals surface area contributed by atoms with Crippen LogP contribution in [0.15, 0.2) is 54.0 Å². The van der Waals surface area contributed by atoms with E-state index in [-0.39, 0.29) is 11.7 Å². The van der Waals surface area contributed by atoms with Gasteiger partial charge in [-0.3, -0.25) is 14.8 Å². The minimum absolute atomic E-state index is 0.312. The zero-order chi connectivity index (χ0) is 22.0. The third-order valence-corrected chi connectivity index (χ3v) is 5.35. The molecule has 0 aliphatic heterocycles. The van der Waals surface area contributed by atoms with Gasteiger partial charge in [0.05, 0.1) is 25.5 Å². The summed E-state index contributed by atoms with van der Waals surface area (Å²) in [7, 11) is 4.80. The first-order chi connectivity index (χ1) is 15.0. The number of aryl methyl sites for hydroxylation is 1. The molecule has 4 rings (SSSR count). The first kappa shape index (κ1) is 20.5. The highest BCUT2D eigenvalue weighted by Gasteiger charge is 2.19. The molecule has 4 aromatic rings. The molecule has 1 N–H and O–H groups in total. The molecule has 0 bridgehead atoms. The first-order valence-corrected chi connectivity index (χ1v) is 10.2. The van der Waals surface area contributed by atoms with Gasteiger partial charge in [0.15, 0.2) is 16.6 Å². The van der Waals surface area contributed by atoms with E-state index >= 15 is 0 Å². The number of nitrogens with one attached hydrogen (secondary N) is 1. The monoisotopic (exact) mass is 438 g/mol. The lowest BCUT2D eigenvalue weighted by molar-refractivity contribution is 0.102. The number of para-hydroxylation sites is 1. The van der Waals surface area contributed by atoms with Gasteiger partial charge >= 0.3 is 0 Å². The Bertz CT molecular complexity index is 1230. The first-order valence-electron chi connectivity index (χ1n) is 9.28. The van der Waals surface area contributed by atoms with Gasteiger partial charge in [-0.1, -0.05) is 6.07 Å². The number of benzene rings is 2. The lowest BCUT2D eigenvalue weighted by atomic mass is 10.1. The van der Waals surface area contributed by atoms with E-state index in [1.54, 1.807) is 42.1 Å². The summed E-state index contributed by atoms with van der Waals surface area (Å²) in [6.07, 6.45) is 1.84. The molecule has 0 atom stereocenters.